The molecule has 1 aromatic heterocycles. The molecule has 0 atom stereocenters. The minimum Gasteiger partial charge on any atom is -0.489 e. The van der Waals surface area contributed by atoms with Crippen LogP contribution in [0.1, 0.15) is 26.3 Å². The standard InChI is InChI=1S/C21H16ClF2N3O3S/c22-15-7-9-16(10-8-15)30-12-13-3-5-14(6-4-13)18(28)26-27-19(29)17-2-1-11-25-20(17)31-21(23)24/h1-11,21H,12H2,(H,26,28)(H,27,29). The summed E-state index contributed by atoms with van der Waals surface area (Å²) in [5.74, 6) is -3.38. The summed E-state index contributed by atoms with van der Waals surface area (Å²) in [6.07, 6.45) is 1.30. The Hall–Kier alpha value is -3.17. The van der Waals surface area contributed by atoms with E-state index < -0.39 is 17.6 Å². The molecule has 160 valence electrons. The predicted octanol–water partition coefficient (Wildman–Crippen LogP) is 4.70. The molecule has 2 aromatic carbocycles. The highest BCUT2D eigenvalue weighted by atomic mass is 35.5. The Morgan fingerprint density at radius 2 is 1.68 bits per heavy atom. The van der Waals surface area contributed by atoms with E-state index in [2.05, 4.69) is 15.8 Å². The van der Waals surface area contributed by atoms with Crippen LogP contribution in [0.2, 0.25) is 5.02 Å². The number of pyridine rings is 1. The van der Waals surface area contributed by atoms with Crippen molar-refractivity contribution in [2.75, 3.05) is 0 Å². The van der Waals surface area contributed by atoms with Gasteiger partial charge >= 0.3 is 0 Å². The number of ether oxygens (including phenoxy) is 1. The molecule has 1 heterocycles. The van der Waals surface area contributed by atoms with Crippen molar-refractivity contribution in [3.05, 3.63) is 88.6 Å². The molecule has 0 fully saturated rings. The minimum atomic E-state index is -2.72. The maximum atomic E-state index is 12.6. The first-order valence-electron chi connectivity index (χ1n) is 8.90. The van der Waals surface area contributed by atoms with Crippen molar-refractivity contribution in [2.24, 2.45) is 0 Å². The number of alkyl halides is 2. The SMILES string of the molecule is O=C(NNC(=O)c1cccnc1SC(F)F)c1ccc(COc2ccc(Cl)cc2)cc1. The molecule has 31 heavy (non-hydrogen) atoms. The number of aromatic nitrogens is 1. The number of nitrogens with one attached hydrogen (secondary N) is 2. The smallest absolute Gasteiger partial charge is 0.290 e. The van der Waals surface area contributed by atoms with Gasteiger partial charge in [0.2, 0.25) is 0 Å². The third-order valence-electron chi connectivity index (χ3n) is 3.94. The molecular weight excluding hydrogens is 448 g/mol. The highest BCUT2D eigenvalue weighted by Crippen LogP contribution is 2.26. The van der Waals surface area contributed by atoms with Crippen LogP contribution in [0.15, 0.2) is 71.9 Å². The van der Waals surface area contributed by atoms with Gasteiger partial charge in [-0.2, -0.15) is 8.78 Å². The molecule has 0 aliphatic rings. The molecular formula is C21H16ClF2N3O3S. The molecule has 10 heteroatoms. The van der Waals surface area contributed by atoms with Gasteiger partial charge in [-0.1, -0.05) is 23.7 Å². The van der Waals surface area contributed by atoms with Gasteiger partial charge in [-0.25, -0.2) is 4.98 Å². The number of halogens is 3. The van der Waals surface area contributed by atoms with Crippen LogP contribution in [0.25, 0.3) is 0 Å². The fourth-order valence-corrected chi connectivity index (χ4v) is 3.15. The quantitative estimate of drug-likeness (QED) is 0.392. The lowest BCUT2D eigenvalue weighted by atomic mass is 10.1. The lowest BCUT2D eigenvalue weighted by Gasteiger charge is -2.10. The van der Waals surface area contributed by atoms with Crippen LogP contribution in [-0.2, 0) is 6.61 Å². The second-order valence-electron chi connectivity index (χ2n) is 6.08. The van der Waals surface area contributed by atoms with Crippen molar-refractivity contribution in [3.63, 3.8) is 0 Å². The Morgan fingerprint density at radius 1 is 1.00 bits per heavy atom. The zero-order valence-corrected chi connectivity index (χ0v) is 17.4. The van der Waals surface area contributed by atoms with E-state index in [0.717, 1.165) is 5.56 Å². The average molecular weight is 464 g/mol. The lowest BCUT2D eigenvalue weighted by Crippen LogP contribution is -2.41. The molecule has 2 N–H and O–H groups in total. The summed E-state index contributed by atoms with van der Waals surface area (Å²) in [5.41, 5.74) is 5.52. The summed E-state index contributed by atoms with van der Waals surface area (Å²) in [5, 5.41) is 0.483. The first-order chi connectivity index (χ1) is 14.9. The molecule has 3 rings (SSSR count). The summed E-state index contributed by atoms with van der Waals surface area (Å²) >= 11 is 5.98. The number of thioether (sulfide) groups is 1. The highest BCUT2D eigenvalue weighted by Gasteiger charge is 2.17. The molecule has 0 aliphatic heterocycles. The van der Waals surface area contributed by atoms with Gasteiger partial charge in [0, 0.05) is 16.8 Å². The Kier molecular flexibility index (Phi) is 7.80. The van der Waals surface area contributed by atoms with Gasteiger partial charge in [0.25, 0.3) is 17.6 Å². The molecule has 0 radical (unpaired) electrons. The van der Waals surface area contributed by atoms with E-state index in [4.69, 9.17) is 16.3 Å². The monoisotopic (exact) mass is 463 g/mol. The van der Waals surface area contributed by atoms with Crippen LogP contribution in [0, 0.1) is 0 Å². The molecule has 3 aromatic rings. The third kappa shape index (κ3) is 6.66. The molecule has 0 aliphatic carbocycles. The summed E-state index contributed by atoms with van der Waals surface area (Å²) in [4.78, 5) is 28.3. The van der Waals surface area contributed by atoms with Gasteiger partial charge in [-0.15, -0.1) is 0 Å². The number of hydrogen-bond donors (Lipinski definition) is 2. The minimum absolute atomic E-state index is 0.0669. The molecule has 0 unspecified atom stereocenters. The summed E-state index contributed by atoms with van der Waals surface area (Å²) < 4.78 is 30.8. The number of carbonyl (C=O) groups is 2. The van der Waals surface area contributed by atoms with E-state index in [1.54, 1.807) is 48.5 Å². The van der Waals surface area contributed by atoms with E-state index in [9.17, 15) is 18.4 Å². The fourth-order valence-electron chi connectivity index (χ4n) is 2.44. The topological polar surface area (TPSA) is 80.3 Å². The molecule has 0 bridgehead atoms. The van der Waals surface area contributed by atoms with Crippen LogP contribution in [0.4, 0.5) is 8.78 Å². The molecule has 0 saturated carbocycles. The Balaban J connectivity index is 1.54. The maximum absolute atomic E-state index is 12.6. The van der Waals surface area contributed by atoms with E-state index >= 15 is 0 Å². The lowest BCUT2D eigenvalue weighted by molar-refractivity contribution is 0.0844. The number of rotatable bonds is 7. The second-order valence-corrected chi connectivity index (χ2v) is 7.50. The van der Waals surface area contributed by atoms with Gasteiger partial charge in [0.1, 0.15) is 17.4 Å². The number of hydrazine groups is 1. The Bertz CT molecular complexity index is 1050. The third-order valence-corrected chi connectivity index (χ3v) is 4.92. The fraction of sp³-hybridized carbons (Fsp3) is 0.0952. The molecule has 2 amide bonds. The van der Waals surface area contributed by atoms with Crippen LogP contribution in [0.5, 0.6) is 5.75 Å². The number of carbonyl (C=O) groups excluding carboxylic acids is 2. The van der Waals surface area contributed by atoms with Crippen LogP contribution >= 0.6 is 23.4 Å². The van der Waals surface area contributed by atoms with Crippen molar-refractivity contribution in [1.82, 2.24) is 15.8 Å². The zero-order chi connectivity index (χ0) is 22.2. The number of amides is 2. The van der Waals surface area contributed by atoms with Crippen molar-refractivity contribution in [3.8, 4) is 5.75 Å². The second kappa shape index (κ2) is 10.7. The Labute approximate surface area is 185 Å². The molecule has 0 spiro atoms. The normalized spacial score (nSPS) is 10.6. The van der Waals surface area contributed by atoms with E-state index in [0.29, 0.717) is 22.9 Å². The number of benzene rings is 2. The van der Waals surface area contributed by atoms with Crippen LogP contribution in [0.3, 0.4) is 0 Å². The number of nitrogens with zero attached hydrogens (tertiary/aromatic N) is 1. The zero-order valence-electron chi connectivity index (χ0n) is 15.8. The van der Waals surface area contributed by atoms with E-state index in [-0.39, 0.29) is 22.4 Å². The average Bonchev–Trinajstić information content (AvgIpc) is 2.77. The van der Waals surface area contributed by atoms with Crippen molar-refractivity contribution >= 4 is 35.2 Å². The van der Waals surface area contributed by atoms with Gasteiger partial charge in [0.15, 0.2) is 0 Å². The van der Waals surface area contributed by atoms with Gasteiger partial charge in [-0.3, -0.25) is 20.4 Å². The molecule has 6 nitrogen and oxygen atoms in total. The summed E-state index contributed by atoms with van der Waals surface area (Å²) in [7, 11) is 0. The maximum Gasteiger partial charge on any atom is 0.290 e. The first kappa shape index (κ1) is 22.5. The predicted molar refractivity (Wildman–Crippen MR) is 113 cm³/mol. The van der Waals surface area contributed by atoms with Crippen molar-refractivity contribution in [1.29, 1.82) is 0 Å². The van der Waals surface area contributed by atoms with Gasteiger partial charge in [-0.05, 0) is 65.9 Å². The van der Waals surface area contributed by atoms with E-state index in [1.165, 1.54) is 18.3 Å². The summed E-state index contributed by atoms with van der Waals surface area (Å²) in [6.45, 7) is 0.297. The summed E-state index contributed by atoms with van der Waals surface area (Å²) in [6, 6.07) is 16.3. The molecule has 0 saturated heterocycles. The van der Waals surface area contributed by atoms with Gasteiger partial charge < -0.3 is 4.74 Å². The van der Waals surface area contributed by atoms with Crippen LogP contribution in [-0.4, -0.2) is 22.6 Å². The largest absolute Gasteiger partial charge is 0.489 e. The van der Waals surface area contributed by atoms with Crippen molar-refractivity contribution < 1.29 is 23.1 Å². The highest BCUT2D eigenvalue weighted by molar-refractivity contribution is 7.99. The first-order valence-corrected chi connectivity index (χ1v) is 10.2. The van der Waals surface area contributed by atoms with Crippen LogP contribution < -0.4 is 15.6 Å². The number of hydrogen-bond acceptors (Lipinski definition) is 5. The van der Waals surface area contributed by atoms with E-state index in [1.807, 2.05) is 0 Å². The van der Waals surface area contributed by atoms with Gasteiger partial charge in [0.05, 0.1) is 5.56 Å². The Morgan fingerprint density at radius 3 is 2.35 bits per heavy atom. The van der Waals surface area contributed by atoms with Crippen molar-refractivity contribution in [2.45, 2.75) is 17.4 Å².